The van der Waals surface area contributed by atoms with Crippen LogP contribution < -0.4 is 10.6 Å². The summed E-state index contributed by atoms with van der Waals surface area (Å²) in [5, 5.41) is 6.83. The van der Waals surface area contributed by atoms with Crippen LogP contribution in [-0.2, 0) is 11.3 Å². The second kappa shape index (κ2) is 9.35. The minimum Gasteiger partial charge on any atom is -0.357 e. The van der Waals surface area contributed by atoms with Crippen LogP contribution in [0.5, 0.6) is 0 Å². The molecule has 0 spiro atoms. The summed E-state index contributed by atoms with van der Waals surface area (Å²) in [6.07, 6.45) is 6.84. The van der Waals surface area contributed by atoms with E-state index >= 15 is 0 Å². The van der Waals surface area contributed by atoms with Crippen molar-refractivity contribution in [1.82, 2.24) is 20.5 Å². The minimum absolute atomic E-state index is 0.263. The maximum atomic E-state index is 12.7. The molecule has 1 aliphatic carbocycles. The van der Waals surface area contributed by atoms with Gasteiger partial charge in [0, 0.05) is 36.5 Å². The lowest BCUT2D eigenvalue weighted by molar-refractivity contribution is -0.135. The first-order chi connectivity index (χ1) is 12.7. The van der Waals surface area contributed by atoms with Gasteiger partial charge < -0.3 is 15.5 Å². The van der Waals surface area contributed by atoms with E-state index in [1.165, 1.54) is 24.1 Å². The molecule has 2 aliphatic rings. The quantitative estimate of drug-likeness (QED) is 0.611. The van der Waals surface area contributed by atoms with Crippen molar-refractivity contribution >= 4 is 23.2 Å². The van der Waals surface area contributed by atoms with Gasteiger partial charge in [-0.15, -0.1) is 11.3 Å². The number of nitrogens with one attached hydrogen (secondary N) is 2. The predicted octanol–water partition coefficient (Wildman–Crippen LogP) is 2.69. The van der Waals surface area contributed by atoms with Gasteiger partial charge >= 0.3 is 0 Å². The number of hydrogen-bond donors (Lipinski definition) is 2. The molecule has 1 aromatic heterocycles. The lowest BCUT2D eigenvalue weighted by Crippen LogP contribution is -2.45. The summed E-state index contributed by atoms with van der Waals surface area (Å²) in [5.74, 6) is 1.46. The molecular formula is C19H31N5OS. The predicted molar refractivity (Wildman–Crippen MR) is 106 cm³/mol. The Labute approximate surface area is 160 Å². The van der Waals surface area contributed by atoms with Gasteiger partial charge in [0.05, 0.1) is 17.7 Å². The molecular weight excluding hydrogens is 346 g/mol. The Bertz CT molecular complexity index is 623. The number of aromatic nitrogens is 1. The zero-order valence-corrected chi connectivity index (χ0v) is 16.8. The highest BCUT2D eigenvalue weighted by atomic mass is 32.1. The fraction of sp³-hybridized carbons (Fsp3) is 0.737. The molecule has 0 bridgehead atoms. The van der Waals surface area contributed by atoms with E-state index in [1.807, 2.05) is 12.4 Å². The van der Waals surface area contributed by atoms with Gasteiger partial charge in [-0.25, -0.2) is 9.98 Å². The maximum Gasteiger partial charge on any atom is 0.225 e. The first kappa shape index (κ1) is 19.1. The third kappa shape index (κ3) is 4.96. The van der Waals surface area contributed by atoms with Crippen molar-refractivity contribution < 1.29 is 4.79 Å². The lowest BCUT2D eigenvalue weighted by Gasteiger charge is -2.26. The number of rotatable bonds is 5. The fourth-order valence-electron chi connectivity index (χ4n) is 3.83. The van der Waals surface area contributed by atoms with Crippen LogP contribution in [-0.4, -0.2) is 47.4 Å². The minimum atomic E-state index is 0.263. The van der Waals surface area contributed by atoms with Gasteiger partial charge in [0.15, 0.2) is 5.96 Å². The van der Waals surface area contributed by atoms with E-state index in [0.29, 0.717) is 12.5 Å². The van der Waals surface area contributed by atoms with Crippen LogP contribution in [0.4, 0.5) is 0 Å². The molecule has 1 aliphatic heterocycles. The van der Waals surface area contributed by atoms with E-state index < -0.39 is 0 Å². The van der Waals surface area contributed by atoms with Crippen molar-refractivity contribution in [2.45, 2.75) is 65.0 Å². The molecule has 3 rings (SSSR count). The molecule has 1 atom stereocenters. The number of amides is 1. The van der Waals surface area contributed by atoms with Crippen molar-refractivity contribution in [1.29, 1.82) is 0 Å². The molecule has 1 aromatic rings. The van der Waals surface area contributed by atoms with Crippen molar-refractivity contribution in [2.24, 2.45) is 10.9 Å². The van der Waals surface area contributed by atoms with Crippen LogP contribution in [0.3, 0.4) is 0 Å². The Morgan fingerprint density at radius 2 is 2.15 bits per heavy atom. The monoisotopic (exact) mass is 377 g/mol. The van der Waals surface area contributed by atoms with Crippen LogP contribution in [0.2, 0.25) is 0 Å². The third-order valence-corrected chi connectivity index (χ3v) is 6.28. The molecule has 1 unspecified atom stereocenters. The van der Waals surface area contributed by atoms with Crippen LogP contribution >= 0.6 is 11.3 Å². The molecule has 1 saturated carbocycles. The van der Waals surface area contributed by atoms with E-state index in [1.54, 1.807) is 11.3 Å². The summed E-state index contributed by atoms with van der Waals surface area (Å²) < 4.78 is 0. The summed E-state index contributed by atoms with van der Waals surface area (Å²) in [6.45, 7) is 7.21. The second-order valence-electron chi connectivity index (χ2n) is 7.31. The van der Waals surface area contributed by atoms with Gasteiger partial charge in [-0.05, 0) is 33.1 Å². The Balaban J connectivity index is 1.53. The standard InChI is InChI=1S/C19H31N5OS/c1-3-20-19(21-11-17-14(2)22-13-26-17)23-16-9-10-24(12-16)18(25)15-7-5-4-6-8-15/h13,15-16H,3-12H2,1-2H3,(H2,20,21,23). The number of guanidine groups is 1. The molecule has 0 aromatic carbocycles. The summed E-state index contributed by atoms with van der Waals surface area (Å²) in [6, 6.07) is 0.280. The van der Waals surface area contributed by atoms with Gasteiger partial charge in [-0.3, -0.25) is 4.79 Å². The summed E-state index contributed by atoms with van der Waals surface area (Å²) in [5.41, 5.74) is 2.92. The Kier molecular flexibility index (Phi) is 6.88. The fourth-order valence-corrected chi connectivity index (χ4v) is 4.53. The largest absolute Gasteiger partial charge is 0.357 e. The highest BCUT2D eigenvalue weighted by molar-refractivity contribution is 7.09. The Hall–Kier alpha value is -1.63. The van der Waals surface area contributed by atoms with Crippen LogP contribution in [0.1, 0.15) is 56.0 Å². The molecule has 2 fully saturated rings. The topological polar surface area (TPSA) is 69.6 Å². The molecule has 144 valence electrons. The maximum absolute atomic E-state index is 12.7. The molecule has 6 nitrogen and oxygen atoms in total. The average Bonchev–Trinajstić information content (AvgIpc) is 3.29. The lowest BCUT2D eigenvalue weighted by atomic mass is 9.88. The summed E-state index contributed by atoms with van der Waals surface area (Å²) >= 11 is 1.65. The zero-order chi connectivity index (χ0) is 18.4. The third-order valence-electron chi connectivity index (χ3n) is 5.37. The second-order valence-corrected chi connectivity index (χ2v) is 8.24. The smallest absolute Gasteiger partial charge is 0.225 e. The van der Waals surface area contributed by atoms with Gasteiger partial charge in [0.1, 0.15) is 0 Å². The molecule has 2 heterocycles. The average molecular weight is 378 g/mol. The van der Waals surface area contributed by atoms with E-state index in [2.05, 4.69) is 27.4 Å². The molecule has 0 radical (unpaired) electrons. The van der Waals surface area contributed by atoms with Gasteiger partial charge in [-0.2, -0.15) is 0 Å². The summed E-state index contributed by atoms with van der Waals surface area (Å²) in [7, 11) is 0. The number of likely N-dealkylation sites (tertiary alicyclic amines) is 1. The number of aliphatic imine (C=N–C) groups is 1. The van der Waals surface area contributed by atoms with E-state index in [0.717, 1.165) is 50.6 Å². The molecule has 2 N–H and O–H groups in total. The number of nitrogens with zero attached hydrogens (tertiary/aromatic N) is 3. The molecule has 7 heteroatoms. The Morgan fingerprint density at radius 1 is 1.35 bits per heavy atom. The highest BCUT2D eigenvalue weighted by Gasteiger charge is 2.31. The molecule has 1 saturated heterocycles. The van der Waals surface area contributed by atoms with Crippen LogP contribution in [0.25, 0.3) is 0 Å². The number of carbonyl (C=O) groups excluding carboxylic acids is 1. The van der Waals surface area contributed by atoms with Gasteiger partial charge in [0.25, 0.3) is 0 Å². The highest BCUT2D eigenvalue weighted by Crippen LogP contribution is 2.26. The SMILES string of the molecule is CCNC(=NCc1scnc1C)NC1CCN(C(=O)C2CCCCC2)C1. The number of carbonyl (C=O) groups is 1. The van der Waals surface area contributed by atoms with Crippen LogP contribution in [0.15, 0.2) is 10.5 Å². The number of hydrogen-bond acceptors (Lipinski definition) is 4. The molecule has 26 heavy (non-hydrogen) atoms. The first-order valence-corrected chi connectivity index (χ1v) is 10.8. The van der Waals surface area contributed by atoms with E-state index in [9.17, 15) is 4.79 Å². The van der Waals surface area contributed by atoms with Gasteiger partial charge in [0.2, 0.25) is 5.91 Å². The summed E-state index contributed by atoms with van der Waals surface area (Å²) in [4.78, 5) is 25.0. The zero-order valence-electron chi connectivity index (χ0n) is 16.0. The Morgan fingerprint density at radius 3 is 2.85 bits per heavy atom. The first-order valence-electron chi connectivity index (χ1n) is 9.90. The van der Waals surface area contributed by atoms with Crippen molar-refractivity contribution in [3.63, 3.8) is 0 Å². The van der Waals surface area contributed by atoms with Gasteiger partial charge in [-0.1, -0.05) is 19.3 Å². The molecule has 1 amide bonds. The van der Waals surface area contributed by atoms with Crippen molar-refractivity contribution in [2.75, 3.05) is 19.6 Å². The van der Waals surface area contributed by atoms with Crippen molar-refractivity contribution in [3.05, 3.63) is 16.1 Å². The van der Waals surface area contributed by atoms with Crippen LogP contribution in [0, 0.1) is 12.8 Å². The normalized spacial score (nSPS) is 21.8. The number of thiazole rings is 1. The van der Waals surface area contributed by atoms with Crippen molar-refractivity contribution in [3.8, 4) is 0 Å². The number of aryl methyl sites for hydroxylation is 1. The van der Waals surface area contributed by atoms with E-state index in [-0.39, 0.29) is 12.0 Å². The van der Waals surface area contributed by atoms with E-state index in [4.69, 9.17) is 4.99 Å².